The Morgan fingerprint density at radius 2 is 1.92 bits per heavy atom. The first-order valence-corrected chi connectivity index (χ1v) is 5.11. The Morgan fingerprint density at radius 3 is 2.69 bits per heavy atom. The van der Waals surface area contributed by atoms with E-state index in [0.717, 1.165) is 25.7 Å². The maximum atomic E-state index is 11.3. The van der Waals surface area contributed by atoms with Gasteiger partial charge in [0.05, 0.1) is 13.2 Å². The summed E-state index contributed by atoms with van der Waals surface area (Å²) in [7, 11) is 0. The molecule has 1 atom stereocenters. The van der Waals surface area contributed by atoms with Crippen LogP contribution in [-0.2, 0) is 14.3 Å². The van der Waals surface area contributed by atoms with Gasteiger partial charge in [-0.05, 0) is 12.8 Å². The van der Waals surface area contributed by atoms with Gasteiger partial charge in [0.2, 0.25) is 0 Å². The molecule has 2 fully saturated rings. The van der Waals surface area contributed by atoms with Gasteiger partial charge in [-0.25, -0.2) is 0 Å². The van der Waals surface area contributed by atoms with Crippen molar-refractivity contribution in [3.63, 3.8) is 0 Å². The van der Waals surface area contributed by atoms with Crippen LogP contribution in [0.25, 0.3) is 0 Å². The van der Waals surface area contributed by atoms with Crippen LogP contribution < -0.4 is 0 Å². The summed E-state index contributed by atoms with van der Waals surface area (Å²) < 4.78 is 10.8. The van der Waals surface area contributed by atoms with E-state index in [2.05, 4.69) is 0 Å². The number of carbonyl (C=O) groups is 1. The molecule has 3 nitrogen and oxygen atoms in total. The Labute approximate surface area is 78.4 Å². The third-order valence-corrected chi connectivity index (χ3v) is 2.80. The van der Waals surface area contributed by atoms with Crippen molar-refractivity contribution in [2.24, 2.45) is 5.92 Å². The van der Waals surface area contributed by atoms with Gasteiger partial charge in [-0.15, -0.1) is 0 Å². The Hall–Kier alpha value is -0.410. The average molecular weight is 184 g/mol. The van der Waals surface area contributed by atoms with Gasteiger partial charge in [-0.1, -0.05) is 6.42 Å². The topological polar surface area (TPSA) is 35.5 Å². The van der Waals surface area contributed by atoms with Crippen LogP contribution >= 0.6 is 0 Å². The van der Waals surface area contributed by atoms with Crippen molar-refractivity contribution in [2.75, 3.05) is 13.2 Å². The van der Waals surface area contributed by atoms with Crippen LogP contribution in [0.15, 0.2) is 0 Å². The molecule has 0 N–H and O–H groups in total. The van der Waals surface area contributed by atoms with Crippen LogP contribution in [0, 0.1) is 5.92 Å². The molecular formula is C10H16O3. The maximum Gasteiger partial charge on any atom is 0.161 e. The molecule has 0 spiro atoms. The van der Waals surface area contributed by atoms with Gasteiger partial charge >= 0.3 is 0 Å². The lowest BCUT2D eigenvalue weighted by molar-refractivity contribution is -0.125. The molecule has 0 radical (unpaired) electrons. The second kappa shape index (κ2) is 4.20. The minimum atomic E-state index is -0.0953. The fourth-order valence-electron chi connectivity index (χ4n) is 2.11. The Morgan fingerprint density at radius 1 is 1.15 bits per heavy atom. The molecule has 2 aliphatic rings. The molecule has 0 aromatic rings. The lowest BCUT2D eigenvalue weighted by Gasteiger charge is -2.19. The zero-order valence-electron chi connectivity index (χ0n) is 7.83. The molecular weight excluding hydrogens is 168 g/mol. The zero-order valence-corrected chi connectivity index (χ0v) is 7.83. The van der Waals surface area contributed by atoms with E-state index in [4.69, 9.17) is 9.47 Å². The van der Waals surface area contributed by atoms with E-state index in [1.807, 2.05) is 0 Å². The van der Waals surface area contributed by atoms with Crippen LogP contribution in [-0.4, -0.2) is 25.3 Å². The summed E-state index contributed by atoms with van der Waals surface area (Å²) in [5.74, 6) is 0.694. The first-order valence-electron chi connectivity index (χ1n) is 5.11. The molecule has 2 rings (SSSR count). The third kappa shape index (κ3) is 2.29. The number of hydrogen-bond acceptors (Lipinski definition) is 3. The van der Waals surface area contributed by atoms with Gasteiger partial charge in [0, 0.05) is 18.8 Å². The molecule has 1 aliphatic carbocycles. The highest BCUT2D eigenvalue weighted by atomic mass is 16.7. The quantitative estimate of drug-likeness (QED) is 0.579. The minimum absolute atomic E-state index is 0.0953. The number of ketones is 1. The molecule has 1 aliphatic heterocycles. The molecule has 1 heterocycles. The standard InChI is InChI=1S/C10H16O3/c11-9-4-2-1-3-8(7-9)10-12-5-6-13-10/h8,10H,1-7H2. The van der Waals surface area contributed by atoms with Gasteiger partial charge in [0.25, 0.3) is 0 Å². The maximum absolute atomic E-state index is 11.3. The second-order valence-corrected chi connectivity index (χ2v) is 3.86. The molecule has 1 saturated carbocycles. The van der Waals surface area contributed by atoms with Gasteiger partial charge in [-0.3, -0.25) is 4.79 Å². The fraction of sp³-hybridized carbons (Fsp3) is 0.900. The monoisotopic (exact) mass is 184 g/mol. The summed E-state index contributed by atoms with van der Waals surface area (Å²) in [6, 6.07) is 0. The first-order chi connectivity index (χ1) is 6.36. The average Bonchev–Trinajstić information content (AvgIpc) is 2.56. The van der Waals surface area contributed by atoms with Crippen molar-refractivity contribution in [1.29, 1.82) is 0 Å². The largest absolute Gasteiger partial charge is 0.350 e. The van der Waals surface area contributed by atoms with E-state index in [0.29, 0.717) is 31.3 Å². The minimum Gasteiger partial charge on any atom is -0.350 e. The Kier molecular flexibility index (Phi) is 2.96. The summed E-state index contributed by atoms with van der Waals surface area (Å²) in [4.78, 5) is 11.3. The molecule has 0 aromatic carbocycles. The van der Waals surface area contributed by atoms with Gasteiger partial charge < -0.3 is 9.47 Å². The Balaban J connectivity index is 1.92. The highest BCUT2D eigenvalue weighted by Gasteiger charge is 2.29. The number of carbonyl (C=O) groups excluding carboxylic acids is 1. The number of rotatable bonds is 1. The van der Waals surface area contributed by atoms with Crippen molar-refractivity contribution in [3.8, 4) is 0 Å². The third-order valence-electron chi connectivity index (χ3n) is 2.80. The van der Waals surface area contributed by atoms with Crippen LogP contribution in [0.3, 0.4) is 0 Å². The van der Waals surface area contributed by atoms with Crippen molar-refractivity contribution < 1.29 is 14.3 Å². The van der Waals surface area contributed by atoms with Gasteiger partial charge in [-0.2, -0.15) is 0 Å². The van der Waals surface area contributed by atoms with E-state index >= 15 is 0 Å². The smallest absolute Gasteiger partial charge is 0.161 e. The zero-order chi connectivity index (χ0) is 9.10. The van der Waals surface area contributed by atoms with Crippen LogP contribution in [0.5, 0.6) is 0 Å². The molecule has 3 heteroatoms. The summed E-state index contributed by atoms with van der Waals surface area (Å²) in [6.07, 6.45) is 4.58. The lowest BCUT2D eigenvalue weighted by Crippen LogP contribution is -2.22. The van der Waals surface area contributed by atoms with Crippen molar-refractivity contribution in [3.05, 3.63) is 0 Å². The second-order valence-electron chi connectivity index (χ2n) is 3.86. The van der Waals surface area contributed by atoms with E-state index in [1.165, 1.54) is 0 Å². The van der Waals surface area contributed by atoms with Crippen molar-refractivity contribution in [1.82, 2.24) is 0 Å². The molecule has 1 saturated heterocycles. The number of Topliss-reactive ketones (excluding diaryl/α,β-unsaturated/α-hetero) is 1. The molecule has 0 amide bonds. The van der Waals surface area contributed by atoms with Crippen LogP contribution in [0.4, 0.5) is 0 Å². The summed E-state index contributed by atoms with van der Waals surface area (Å²) >= 11 is 0. The summed E-state index contributed by atoms with van der Waals surface area (Å²) in [5.41, 5.74) is 0. The lowest BCUT2D eigenvalue weighted by atomic mass is 9.99. The van der Waals surface area contributed by atoms with Crippen LogP contribution in [0.1, 0.15) is 32.1 Å². The van der Waals surface area contributed by atoms with Crippen molar-refractivity contribution >= 4 is 5.78 Å². The highest BCUT2D eigenvalue weighted by molar-refractivity contribution is 5.78. The summed E-state index contributed by atoms with van der Waals surface area (Å²) in [6.45, 7) is 1.38. The number of ether oxygens (including phenoxy) is 2. The molecule has 0 aromatic heterocycles. The van der Waals surface area contributed by atoms with E-state index in [-0.39, 0.29) is 6.29 Å². The predicted octanol–water partition coefficient (Wildman–Crippen LogP) is 1.51. The van der Waals surface area contributed by atoms with E-state index in [1.54, 1.807) is 0 Å². The van der Waals surface area contributed by atoms with Gasteiger partial charge in [0.15, 0.2) is 6.29 Å². The summed E-state index contributed by atoms with van der Waals surface area (Å²) in [5, 5.41) is 0. The number of hydrogen-bond donors (Lipinski definition) is 0. The van der Waals surface area contributed by atoms with Crippen molar-refractivity contribution in [2.45, 2.75) is 38.4 Å². The molecule has 13 heavy (non-hydrogen) atoms. The van der Waals surface area contributed by atoms with E-state index in [9.17, 15) is 4.79 Å². The fourth-order valence-corrected chi connectivity index (χ4v) is 2.11. The molecule has 0 bridgehead atoms. The van der Waals surface area contributed by atoms with Crippen LogP contribution in [0.2, 0.25) is 0 Å². The highest BCUT2D eigenvalue weighted by Crippen LogP contribution is 2.27. The normalized spacial score (nSPS) is 32.0. The molecule has 74 valence electrons. The first kappa shape index (κ1) is 9.16. The molecule has 1 unspecified atom stereocenters. The Bertz CT molecular complexity index is 185. The predicted molar refractivity (Wildman–Crippen MR) is 47.3 cm³/mol. The van der Waals surface area contributed by atoms with Gasteiger partial charge in [0.1, 0.15) is 5.78 Å². The van der Waals surface area contributed by atoms with E-state index < -0.39 is 0 Å². The SMILES string of the molecule is O=C1CCCCC(C2OCCO2)C1.